The molecule has 0 aromatic heterocycles. The highest BCUT2D eigenvalue weighted by Crippen LogP contribution is 2.24. The Morgan fingerprint density at radius 1 is 1.33 bits per heavy atom. The molecule has 2 nitrogen and oxygen atoms in total. The first-order chi connectivity index (χ1) is 7.01. The lowest BCUT2D eigenvalue weighted by Crippen LogP contribution is -2.21. The van der Waals surface area contributed by atoms with Gasteiger partial charge in [-0.15, -0.1) is 6.58 Å². The molecule has 0 N–H and O–H groups in total. The van der Waals surface area contributed by atoms with Crippen LogP contribution in [0.25, 0.3) is 0 Å². The highest BCUT2D eigenvalue weighted by atomic mass is 16.5. The molecule has 0 saturated carbocycles. The van der Waals surface area contributed by atoms with Crippen LogP contribution >= 0.6 is 0 Å². The molecule has 0 aliphatic carbocycles. The minimum atomic E-state index is -0.519. The van der Waals surface area contributed by atoms with Crippen molar-refractivity contribution >= 4 is 5.78 Å². The van der Waals surface area contributed by atoms with E-state index in [1.807, 2.05) is 13.8 Å². The number of carbonyl (C=O) groups is 1. The van der Waals surface area contributed by atoms with E-state index in [0.717, 1.165) is 5.75 Å². The molecule has 0 fully saturated rings. The first-order valence-electron chi connectivity index (χ1n) is 4.83. The van der Waals surface area contributed by atoms with Crippen LogP contribution in [-0.4, -0.2) is 12.9 Å². The van der Waals surface area contributed by atoms with E-state index in [1.165, 1.54) is 0 Å². The molecule has 80 valence electrons. The predicted molar refractivity (Wildman–Crippen MR) is 61.3 cm³/mol. The first-order valence-corrected chi connectivity index (χ1v) is 4.83. The largest absolute Gasteiger partial charge is 0.497 e. The van der Waals surface area contributed by atoms with Gasteiger partial charge in [0.15, 0.2) is 5.78 Å². The van der Waals surface area contributed by atoms with E-state index < -0.39 is 5.41 Å². The second-order valence-electron chi connectivity index (χ2n) is 3.98. The van der Waals surface area contributed by atoms with Gasteiger partial charge in [-0.25, -0.2) is 0 Å². The van der Waals surface area contributed by atoms with Gasteiger partial charge in [-0.05, 0) is 38.1 Å². The molecule has 0 aliphatic rings. The number of allylic oxidation sites excluding steroid dienone is 1. The van der Waals surface area contributed by atoms with E-state index in [4.69, 9.17) is 4.74 Å². The van der Waals surface area contributed by atoms with Gasteiger partial charge < -0.3 is 4.74 Å². The fourth-order valence-electron chi connectivity index (χ4n) is 1.21. The Hall–Kier alpha value is -1.57. The zero-order valence-electron chi connectivity index (χ0n) is 9.41. The average Bonchev–Trinajstić information content (AvgIpc) is 2.28. The molecule has 1 aromatic rings. The van der Waals surface area contributed by atoms with E-state index in [2.05, 4.69) is 6.58 Å². The summed E-state index contributed by atoms with van der Waals surface area (Å²) in [6.45, 7) is 7.37. The third kappa shape index (κ3) is 2.46. The third-order valence-electron chi connectivity index (χ3n) is 2.45. The summed E-state index contributed by atoms with van der Waals surface area (Å²) in [4.78, 5) is 12.0. The zero-order valence-corrected chi connectivity index (χ0v) is 9.41. The molecule has 15 heavy (non-hydrogen) atoms. The molecular weight excluding hydrogens is 188 g/mol. The standard InChI is InChI=1S/C13H16O2/c1-5-13(2,3)12(14)10-6-8-11(15-4)9-7-10/h5-9H,1H2,2-4H3. The van der Waals surface area contributed by atoms with Gasteiger partial charge in [0.1, 0.15) is 5.75 Å². The van der Waals surface area contributed by atoms with Crippen LogP contribution in [0.15, 0.2) is 36.9 Å². The van der Waals surface area contributed by atoms with Crippen molar-refractivity contribution in [1.29, 1.82) is 0 Å². The Kier molecular flexibility index (Phi) is 3.30. The molecule has 0 saturated heterocycles. The molecular formula is C13H16O2. The van der Waals surface area contributed by atoms with Gasteiger partial charge in [-0.3, -0.25) is 4.79 Å². The van der Waals surface area contributed by atoms with E-state index in [-0.39, 0.29) is 5.78 Å². The summed E-state index contributed by atoms with van der Waals surface area (Å²) in [5, 5.41) is 0. The Labute approximate surface area is 90.6 Å². The molecule has 0 amide bonds. The Balaban J connectivity index is 2.97. The quantitative estimate of drug-likeness (QED) is 0.556. The van der Waals surface area contributed by atoms with Gasteiger partial charge in [0.25, 0.3) is 0 Å². The smallest absolute Gasteiger partial charge is 0.172 e. The van der Waals surface area contributed by atoms with Crippen LogP contribution in [0.3, 0.4) is 0 Å². The summed E-state index contributed by atoms with van der Waals surface area (Å²) in [5.74, 6) is 0.822. The van der Waals surface area contributed by atoms with Gasteiger partial charge in [0.2, 0.25) is 0 Å². The molecule has 0 atom stereocenters. The van der Waals surface area contributed by atoms with Crippen LogP contribution in [0.5, 0.6) is 5.75 Å². The highest BCUT2D eigenvalue weighted by Gasteiger charge is 2.24. The lowest BCUT2D eigenvalue weighted by atomic mass is 9.84. The van der Waals surface area contributed by atoms with E-state index in [9.17, 15) is 4.79 Å². The number of rotatable bonds is 4. The maximum absolute atomic E-state index is 12.0. The Morgan fingerprint density at radius 2 is 1.87 bits per heavy atom. The summed E-state index contributed by atoms with van der Waals surface area (Å²) in [5.41, 5.74) is 0.162. The summed E-state index contributed by atoms with van der Waals surface area (Å²) >= 11 is 0. The average molecular weight is 204 g/mol. The van der Waals surface area contributed by atoms with Crippen molar-refractivity contribution in [3.8, 4) is 5.75 Å². The van der Waals surface area contributed by atoms with Crippen LogP contribution < -0.4 is 4.74 Å². The number of ketones is 1. The number of methoxy groups -OCH3 is 1. The molecule has 0 aliphatic heterocycles. The van der Waals surface area contributed by atoms with Crippen molar-refractivity contribution in [3.05, 3.63) is 42.5 Å². The first kappa shape index (κ1) is 11.5. The van der Waals surface area contributed by atoms with Gasteiger partial charge in [-0.2, -0.15) is 0 Å². The molecule has 0 bridgehead atoms. The fraction of sp³-hybridized carbons (Fsp3) is 0.308. The van der Waals surface area contributed by atoms with Crippen molar-refractivity contribution in [2.45, 2.75) is 13.8 Å². The molecule has 2 heteroatoms. The predicted octanol–water partition coefficient (Wildman–Crippen LogP) is 3.09. The van der Waals surface area contributed by atoms with Crippen molar-refractivity contribution in [3.63, 3.8) is 0 Å². The summed E-state index contributed by atoms with van der Waals surface area (Å²) in [6.07, 6.45) is 1.67. The van der Waals surface area contributed by atoms with Crippen molar-refractivity contribution < 1.29 is 9.53 Å². The molecule has 0 radical (unpaired) electrons. The molecule has 1 aromatic carbocycles. The van der Waals surface area contributed by atoms with Crippen LogP contribution in [0.4, 0.5) is 0 Å². The summed E-state index contributed by atoms with van der Waals surface area (Å²) in [6, 6.07) is 7.11. The third-order valence-corrected chi connectivity index (χ3v) is 2.45. The number of carbonyl (C=O) groups excluding carboxylic acids is 1. The minimum Gasteiger partial charge on any atom is -0.497 e. The number of benzene rings is 1. The van der Waals surface area contributed by atoms with Crippen molar-refractivity contribution in [1.82, 2.24) is 0 Å². The normalized spacial score (nSPS) is 10.9. The Bertz CT molecular complexity index is 361. The number of Topliss-reactive ketones (excluding diaryl/α,β-unsaturated/α-hetero) is 1. The molecule has 0 heterocycles. The number of hydrogen-bond acceptors (Lipinski definition) is 2. The maximum atomic E-state index is 12.0. The Morgan fingerprint density at radius 3 is 2.27 bits per heavy atom. The van der Waals surface area contributed by atoms with Gasteiger partial charge >= 0.3 is 0 Å². The van der Waals surface area contributed by atoms with E-state index in [1.54, 1.807) is 37.5 Å². The summed E-state index contributed by atoms with van der Waals surface area (Å²) in [7, 11) is 1.60. The maximum Gasteiger partial charge on any atom is 0.172 e. The van der Waals surface area contributed by atoms with Gasteiger partial charge in [0.05, 0.1) is 7.11 Å². The molecule has 1 rings (SSSR count). The van der Waals surface area contributed by atoms with E-state index >= 15 is 0 Å². The fourth-order valence-corrected chi connectivity index (χ4v) is 1.21. The highest BCUT2D eigenvalue weighted by molar-refractivity contribution is 6.01. The number of ether oxygens (including phenoxy) is 1. The van der Waals surface area contributed by atoms with Crippen LogP contribution in [0, 0.1) is 5.41 Å². The SMILES string of the molecule is C=CC(C)(C)C(=O)c1ccc(OC)cc1. The second kappa shape index (κ2) is 4.30. The van der Waals surface area contributed by atoms with Gasteiger partial charge in [-0.1, -0.05) is 6.08 Å². The van der Waals surface area contributed by atoms with Gasteiger partial charge in [0, 0.05) is 11.0 Å². The van der Waals surface area contributed by atoms with Crippen LogP contribution in [0.1, 0.15) is 24.2 Å². The number of hydrogen-bond donors (Lipinski definition) is 0. The topological polar surface area (TPSA) is 26.3 Å². The monoisotopic (exact) mass is 204 g/mol. The zero-order chi connectivity index (χ0) is 11.5. The lowest BCUT2D eigenvalue weighted by Gasteiger charge is -2.17. The van der Waals surface area contributed by atoms with Crippen molar-refractivity contribution in [2.24, 2.45) is 5.41 Å². The van der Waals surface area contributed by atoms with Crippen LogP contribution in [0.2, 0.25) is 0 Å². The molecule has 0 spiro atoms. The summed E-state index contributed by atoms with van der Waals surface area (Å²) < 4.78 is 5.03. The molecule has 0 unspecified atom stereocenters. The second-order valence-corrected chi connectivity index (χ2v) is 3.98. The van der Waals surface area contributed by atoms with Crippen LogP contribution in [-0.2, 0) is 0 Å². The van der Waals surface area contributed by atoms with Crippen molar-refractivity contribution in [2.75, 3.05) is 7.11 Å². The van der Waals surface area contributed by atoms with E-state index in [0.29, 0.717) is 5.56 Å². The minimum absolute atomic E-state index is 0.0696. The lowest BCUT2D eigenvalue weighted by molar-refractivity contribution is 0.0886.